The Hall–Kier alpha value is -2.97. The summed E-state index contributed by atoms with van der Waals surface area (Å²) in [6.45, 7) is 0.603. The standard InChI is InChI=1S/C22H24ClN3O2.C3H7NO2/c23-16-9-10-18-19(12-16)25-21(27)20(13-17-8-4-5-11-24-17)26(22(18)28)14-15-6-2-1-3-7-15;1-4(3-5)6-2/h4-5,8-12,15,20H,1-3,6-7,13-14H2,(H,25,27);3H,1-2H3. The number of benzene rings is 1. The van der Waals surface area contributed by atoms with Crippen LogP contribution in [0.3, 0.4) is 0 Å². The van der Waals surface area contributed by atoms with Gasteiger partial charge in [-0.1, -0.05) is 36.9 Å². The maximum Gasteiger partial charge on any atom is 0.256 e. The van der Waals surface area contributed by atoms with Gasteiger partial charge in [-0.2, -0.15) is 0 Å². The van der Waals surface area contributed by atoms with Crippen LogP contribution in [-0.4, -0.2) is 59.9 Å². The maximum atomic E-state index is 13.4. The van der Waals surface area contributed by atoms with Crippen molar-refractivity contribution in [2.75, 3.05) is 26.0 Å². The first-order chi connectivity index (χ1) is 16.4. The number of hydrogen-bond acceptors (Lipinski definition) is 5. The number of rotatable bonds is 6. The van der Waals surface area contributed by atoms with Gasteiger partial charge in [-0.15, -0.1) is 0 Å². The fourth-order valence-electron chi connectivity index (χ4n) is 4.28. The molecular weight excluding hydrogens is 456 g/mol. The highest BCUT2D eigenvalue weighted by molar-refractivity contribution is 6.31. The van der Waals surface area contributed by atoms with E-state index in [-0.39, 0.29) is 11.8 Å². The number of amides is 3. The molecule has 2 aliphatic rings. The van der Waals surface area contributed by atoms with E-state index in [0.29, 0.717) is 41.6 Å². The van der Waals surface area contributed by atoms with Crippen LogP contribution in [0.15, 0.2) is 42.6 Å². The first-order valence-electron chi connectivity index (χ1n) is 11.5. The number of aromatic nitrogens is 1. The molecule has 0 saturated heterocycles. The zero-order valence-electron chi connectivity index (χ0n) is 19.6. The molecule has 1 fully saturated rings. The van der Waals surface area contributed by atoms with E-state index in [4.69, 9.17) is 11.6 Å². The van der Waals surface area contributed by atoms with E-state index in [0.717, 1.165) is 23.6 Å². The molecule has 1 aliphatic carbocycles. The summed E-state index contributed by atoms with van der Waals surface area (Å²) in [5.41, 5.74) is 1.78. The molecule has 4 rings (SSSR count). The van der Waals surface area contributed by atoms with Crippen LogP contribution in [-0.2, 0) is 20.8 Å². The van der Waals surface area contributed by atoms with Crippen molar-refractivity contribution in [2.24, 2.45) is 5.92 Å². The van der Waals surface area contributed by atoms with Crippen molar-refractivity contribution in [3.8, 4) is 0 Å². The smallest absolute Gasteiger partial charge is 0.256 e. The molecule has 8 nitrogen and oxygen atoms in total. The highest BCUT2D eigenvalue weighted by Crippen LogP contribution is 2.31. The normalized spacial score (nSPS) is 18.2. The molecule has 3 amide bonds. The van der Waals surface area contributed by atoms with E-state index < -0.39 is 6.04 Å². The van der Waals surface area contributed by atoms with Crippen LogP contribution in [0.5, 0.6) is 0 Å². The fraction of sp³-hybridized carbons (Fsp3) is 0.440. The molecule has 0 bridgehead atoms. The van der Waals surface area contributed by atoms with Crippen LogP contribution in [0.25, 0.3) is 0 Å². The number of pyridine rings is 1. The predicted molar refractivity (Wildman–Crippen MR) is 130 cm³/mol. The Balaban J connectivity index is 0.000000481. The minimum Gasteiger partial charge on any atom is -0.326 e. The van der Waals surface area contributed by atoms with E-state index in [1.807, 2.05) is 18.2 Å². The maximum absolute atomic E-state index is 13.4. The van der Waals surface area contributed by atoms with Crippen LogP contribution < -0.4 is 5.32 Å². The molecule has 1 aromatic carbocycles. The van der Waals surface area contributed by atoms with Gasteiger partial charge in [0, 0.05) is 36.9 Å². The van der Waals surface area contributed by atoms with Crippen LogP contribution in [0, 0.1) is 5.92 Å². The number of hydrogen-bond donors (Lipinski definition) is 1. The summed E-state index contributed by atoms with van der Waals surface area (Å²) in [5, 5.41) is 4.48. The molecule has 1 aromatic heterocycles. The van der Waals surface area contributed by atoms with E-state index in [1.165, 1.54) is 33.4 Å². The number of nitrogens with zero attached hydrogens (tertiary/aromatic N) is 3. The second-order valence-electron chi connectivity index (χ2n) is 8.52. The molecule has 1 atom stereocenters. The van der Waals surface area contributed by atoms with Gasteiger partial charge in [-0.05, 0) is 49.1 Å². The Morgan fingerprint density at radius 3 is 2.59 bits per heavy atom. The first-order valence-corrected chi connectivity index (χ1v) is 11.8. The van der Waals surface area contributed by atoms with Crippen LogP contribution in [0.1, 0.15) is 48.2 Å². The van der Waals surface area contributed by atoms with Gasteiger partial charge in [0.05, 0.1) is 18.4 Å². The molecular formula is C25H31ClN4O4. The molecule has 182 valence electrons. The largest absolute Gasteiger partial charge is 0.326 e. The van der Waals surface area contributed by atoms with Crippen molar-refractivity contribution in [1.82, 2.24) is 14.9 Å². The van der Waals surface area contributed by atoms with Gasteiger partial charge >= 0.3 is 0 Å². The van der Waals surface area contributed by atoms with Crippen molar-refractivity contribution in [3.63, 3.8) is 0 Å². The number of carbonyl (C=O) groups excluding carboxylic acids is 3. The Morgan fingerprint density at radius 1 is 1.21 bits per heavy atom. The van der Waals surface area contributed by atoms with E-state index in [1.54, 1.807) is 29.3 Å². The minimum absolute atomic E-state index is 0.114. The van der Waals surface area contributed by atoms with Gasteiger partial charge in [0.15, 0.2) is 0 Å². The predicted octanol–water partition coefficient (Wildman–Crippen LogP) is 3.96. The molecule has 1 aliphatic heterocycles. The van der Waals surface area contributed by atoms with Gasteiger partial charge in [0.2, 0.25) is 12.3 Å². The Kier molecular flexibility index (Phi) is 9.42. The molecule has 1 unspecified atom stereocenters. The molecule has 1 saturated carbocycles. The topological polar surface area (TPSA) is 91.8 Å². The summed E-state index contributed by atoms with van der Waals surface area (Å²) in [6.07, 6.45) is 8.54. The first kappa shape index (κ1) is 25.6. The van der Waals surface area contributed by atoms with Crippen LogP contribution >= 0.6 is 11.6 Å². The second-order valence-corrected chi connectivity index (χ2v) is 8.95. The molecule has 1 N–H and O–H groups in total. The summed E-state index contributed by atoms with van der Waals surface area (Å²) < 4.78 is 0. The SMILES string of the molecule is CON(C)C=O.O=C1Nc2cc(Cl)ccc2C(=O)N(CC2CCCCC2)C1Cc1ccccn1. The van der Waals surface area contributed by atoms with E-state index in [9.17, 15) is 14.4 Å². The summed E-state index contributed by atoms with van der Waals surface area (Å²) in [7, 11) is 2.95. The lowest BCUT2D eigenvalue weighted by atomic mass is 9.88. The number of fused-ring (bicyclic) bond motifs is 1. The zero-order chi connectivity index (χ0) is 24.5. The average Bonchev–Trinajstić information content (AvgIpc) is 2.95. The Labute approximate surface area is 205 Å². The number of carbonyl (C=O) groups is 3. The lowest BCUT2D eigenvalue weighted by Gasteiger charge is -2.33. The molecule has 2 aromatic rings. The monoisotopic (exact) mass is 486 g/mol. The van der Waals surface area contributed by atoms with Gasteiger partial charge in [-0.25, -0.2) is 5.06 Å². The number of anilines is 1. The highest BCUT2D eigenvalue weighted by Gasteiger charge is 2.37. The van der Waals surface area contributed by atoms with Crippen molar-refractivity contribution >= 4 is 35.5 Å². The quantitative estimate of drug-likeness (QED) is 0.493. The minimum atomic E-state index is -0.587. The molecule has 2 heterocycles. The van der Waals surface area contributed by atoms with Gasteiger partial charge in [-0.3, -0.25) is 24.2 Å². The number of halogens is 1. The summed E-state index contributed by atoms with van der Waals surface area (Å²) >= 11 is 6.10. The van der Waals surface area contributed by atoms with Gasteiger partial charge < -0.3 is 10.2 Å². The van der Waals surface area contributed by atoms with Crippen molar-refractivity contribution < 1.29 is 19.2 Å². The molecule has 0 spiro atoms. The third kappa shape index (κ3) is 6.77. The third-order valence-electron chi connectivity index (χ3n) is 6.15. The highest BCUT2D eigenvalue weighted by atomic mass is 35.5. The van der Waals surface area contributed by atoms with Gasteiger partial charge in [0.1, 0.15) is 6.04 Å². The van der Waals surface area contributed by atoms with Crippen molar-refractivity contribution in [3.05, 3.63) is 58.9 Å². The van der Waals surface area contributed by atoms with E-state index >= 15 is 0 Å². The van der Waals surface area contributed by atoms with Gasteiger partial charge in [0.25, 0.3) is 5.91 Å². The fourth-order valence-corrected chi connectivity index (χ4v) is 4.45. The molecule has 34 heavy (non-hydrogen) atoms. The third-order valence-corrected chi connectivity index (χ3v) is 6.39. The van der Waals surface area contributed by atoms with Crippen LogP contribution in [0.4, 0.5) is 5.69 Å². The second kappa shape index (κ2) is 12.5. The zero-order valence-corrected chi connectivity index (χ0v) is 20.3. The summed E-state index contributed by atoms with van der Waals surface area (Å²) in [4.78, 5) is 46.6. The summed E-state index contributed by atoms with van der Waals surface area (Å²) in [5.74, 6) is 0.137. The van der Waals surface area contributed by atoms with E-state index in [2.05, 4.69) is 15.1 Å². The lowest BCUT2D eigenvalue weighted by Crippen LogP contribution is -2.48. The van der Waals surface area contributed by atoms with Crippen LogP contribution in [0.2, 0.25) is 5.02 Å². The lowest BCUT2D eigenvalue weighted by molar-refractivity contribution is -0.153. The van der Waals surface area contributed by atoms with Crippen molar-refractivity contribution in [1.29, 1.82) is 0 Å². The summed E-state index contributed by atoms with van der Waals surface area (Å²) in [6, 6.07) is 10.1. The Bertz CT molecular complexity index is 982. The molecule has 0 radical (unpaired) electrons. The number of nitrogens with one attached hydrogen (secondary N) is 1. The van der Waals surface area contributed by atoms with Crippen molar-refractivity contribution in [2.45, 2.75) is 44.6 Å². The molecule has 9 heteroatoms. The number of hydroxylamine groups is 2. The Morgan fingerprint density at radius 2 is 1.97 bits per heavy atom. The average molecular weight is 487 g/mol.